The molecule has 0 bridgehead atoms. The van der Waals surface area contributed by atoms with Crippen LogP contribution in [0.4, 0.5) is 4.79 Å². The van der Waals surface area contributed by atoms with Crippen molar-refractivity contribution < 1.29 is 19.4 Å². The number of carbonyl (C=O) groups is 2. The van der Waals surface area contributed by atoms with Gasteiger partial charge in [0.2, 0.25) is 0 Å². The number of piperidine rings is 1. The van der Waals surface area contributed by atoms with Gasteiger partial charge in [0.25, 0.3) is 0 Å². The number of hydrogen-bond donors (Lipinski definition) is 1. The van der Waals surface area contributed by atoms with Crippen LogP contribution in [0, 0.1) is 5.41 Å². The van der Waals surface area contributed by atoms with E-state index in [-0.39, 0.29) is 12.5 Å². The summed E-state index contributed by atoms with van der Waals surface area (Å²) in [4.78, 5) is 25.8. The summed E-state index contributed by atoms with van der Waals surface area (Å²) in [5.41, 5.74) is -0.764. The summed E-state index contributed by atoms with van der Waals surface area (Å²) in [5.74, 6) is -1.11. The third kappa shape index (κ3) is 4.01. The summed E-state index contributed by atoms with van der Waals surface area (Å²) in [6, 6.07) is 7.24. The van der Waals surface area contributed by atoms with Crippen LogP contribution in [0.2, 0.25) is 5.02 Å². The quantitative estimate of drug-likeness (QED) is 0.867. The van der Waals surface area contributed by atoms with Gasteiger partial charge in [0.1, 0.15) is 5.60 Å². The average Bonchev–Trinajstić information content (AvgIpc) is 2.46. The predicted molar refractivity (Wildman–Crippen MR) is 92.4 cm³/mol. The van der Waals surface area contributed by atoms with E-state index in [2.05, 4.69) is 0 Å². The maximum atomic E-state index is 12.3. The molecule has 2 unspecified atom stereocenters. The second-order valence-corrected chi connectivity index (χ2v) is 7.95. The number of carboxylic acid groups (broad SMARTS) is 1. The van der Waals surface area contributed by atoms with Crippen LogP contribution in [0.5, 0.6) is 0 Å². The van der Waals surface area contributed by atoms with Crippen LogP contribution in [0.25, 0.3) is 0 Å². The lowest BCUT2D eigenvalue weighted by Gasteiger charge is -2.43. The van der Waals surface area contributed by atoms with E-state index in [0.29, 0.717) is 18.0 Å². The Balaban J connectivity index is 2.24. The first kappa shape index (κ1) is 18.6. The molecule has 1 aromatic rings. The summed E-state index contributed by atoms with van der Waals surface area (Å²) in [6.45, 7) is 7.64. The number of rotatable bonds is 2. The molecule has 0 aliphatic carbocycles. The predicted octanol–water partition coefficient (Wildman–Crippen LogP) is 4.16. The number of aliphatic carboxylic acids is 1. The molecule has 0 aromatic heterocycles. The van der Waals surface area contributed by atoms with Gasteiger partial charge in [-0.25, -0.2) is 4.79 Å². The van der Waals surface area contributed by atoms with Crippen molar-refractivity contribution in [2.75, 3.05) is 13.1 Å². The highest BCUT2D eigenvalue weighted by Crippen LogP contribution is 2.43. The van der Waals surface area contributed by atoms with Crippen LogP contribution in [0.3, 0.4) is 0 Å². The zero-order chi connectivity index (χ0) is 18.1. The third-order valence-corrected chi connectivity index (χ3v) is 4.64. The molecule has 1 saturated heterocycles. The Kier molecular flexibility index (Phi) is 5.14. The molecule has 1 aliphatic rings. The van der Waals surface area contributed by atoms with Crippen LogP contribution in [-0.2, 0) is 9.53 Å². The van der Waals surface area contributed by atoms with E-state index < -0.39 is 23.1 Å². The van der Waals surface area contributed by atoms with E-state index >= 15 is 0 Å². The highest BCUT2D eigenvalue weighted by molar-refractivity contribution is 6.30. The zero-order valence-corrected chi connectivity index (χ0v) is 15.3. The van der Waals surface area contributed by atoms with Crippen molar-refractivity contribution in [2.24, 2.45) is 5.41 Å². The number of benzene rings is 1. The average molecular weight is 354 g/mol. The van der Waals surface area contributed by atoms with Gasteiger partial charge < -0.3 is 14.7 Å². The Morgan fingerprint density at radius 1 is 1.29 bits per heavy atom. The summed E-state index contributed by atoms with van der Waals surface area (Å²) in [5, 5.41) is 10.4. The number of carbonyl (C=O) groups excluding carboxylic acids is 1. The number of ether oxygens (including phenoxy) is 1. The first-order valence-electron chi connectivity index (χ1n) is 8.00. The van der Waals surface area contributed by atoms with E-state index in [0.717, 1.165) is 5.56 Å². The van der Waals surface area contributed by atoms with Gasteiger partial charge in [0.15, 0.2) is 0 Å². The van der Waals surface area contributed by atoms with Gasteiger partial charge in [0, 0.05) is 24.0 Å². The zero-order valence-electron chi connectivity index (χ0n) is 14.5. The highest BCUT2D eigenvalue weighted by atomic mass is 35.5. The molecule has 1 heterocycles. The summed E-state index contributed by atoms with van der Waals surface area (Å²) in [6.07, 6.45) is 0.0912. The largest absolute Gasteiger partial charge is 0.481 e. The van der Waals surface area contributed by atoms with Gasteiger partial charge in [-0.15, -0.1) is 0 Å². The van der Waals surface area contributed by atoms with Crippen molar-refractivity contribution in [3.8, 4) is 0 Å². The lowest BCUT2D eigenvalue weighted by Crippen LogP contribution is -2.53. The minimum atomic E-state index is -1.08. The number of likely N-dealkylation sites (tertiary alicyclic amines) is 1. The molecule has 0 saturated carbocycles. The van der Waals surface area contributed by atoms with Gasteiger partial charge in [-0.1, -0.05) is 23.7 Å². The van der Waals surface area contributed by atoms with E-state index in [1.165, 1.54) is 4.90 Å². The van der Waals surface area contributed by atoms with E-state index in [9.17, 15) is 14.7 Å². The molecule has 0 spiro atoms. The molecule has 0 radical (unpaired) electrons. The Morgan fingerprint density at radius 2 is 1.88 bits per heavy atom. The normalized spacial score (nSPS) is 24.5. The Morgan fingerprint density at radius 3 is 2.38 bits per heavy atom. The van der Waals surface area contributed by atoms with Crippen molar-refractivity contribution in [2.45, 2.75) is 45.6 Å². The van der Waals surface area contributed by atoms with E-state index in [1.807, 2.05) is 12.1 Å². The smallest absolute Gasteiger partial charge is 0.410 e. The Bertz CT molecular complexity index is 623. The van der Waals surface area contributed by atoms with Gasteiger partial charge >= 0.3 is 12.1 Å². The van der Waals surface area contributed by atoms with Gasteiger partial charge in [0.05, 0.1) is 5.41 Å². The molecule has 1 N–H and O–H groups in total. The van der Waals surface area contributed by atoms with Crippen LogP contribution in [0.15, 0.2) is 24.3 Å². The van der Waals surface area contributed by atoms with E-state index in [1.54, 1.807) is 39.8 Å². The van der Waals surface area contributed by atoms with E-state index in [4.69, 9.17) is 16.3 Å². The van der Waals surface area contributed by atoms with Crippen molar-refractivity contribution in [3.05, 3.63) is 34.9 Å². The molecule has 1 aromatic carbocycles. The van der Waals surface area contributed by atoms with Gasteiger partial charge in [-0.05, 0) is 51.8 Å². The minimum Gasteiger partial charge on any atom is -0.481 e. The van der Waals surface area contributed by atoms with Crippen LogP contribution in [-0.4, -0.2) is 40.8 Å². The molecular weight excluding hydrogens is 330 g/mol. The standard InChI is InChI=1S/C18H24ClNO4/c1-17(2,3)24-16(23)20-10-9-14(18(4,11-20)15(21)22)12-5-7-13(19)8-6-12/h5-8,14H,9-11H2,1-4H3,(H,21,22). The van der Waals surface area contributed by atoms with Crippen molar-refractivity contribution in [1.29, 1.82) is 0 Å². The number of amides is 1. The first-order chi connectivity index (χ1) is 11.0. The molecule has 5 nitrogen and oxygen atoms in total. The number of carboxylic acids is 1. The molecule has 1 fully saturated rings. The highest BCUT2D eigenvalue weighted by Gasteiger charge is 2.48. The molecule has 6 heteroatoms. The van der Waals surface area contributed by atoms with Crippen LogP contribution in [0.1, 0.15) is 45.6 Å². The Hall–Kier alpha value is -1.75. The van der Waals surface area contributed by atoms with Crippen molar-refractivity contribution >= 4 is 23.7 Å². The molecule has 1 amide bonds. The maximum absolute atomic E-state index is 12.3. The maximum Gasteiger partial charge on any atom is 0.410 e. The first-order valence-corrected chi connectivity index (χ1v) is 8.37. The lowest BCUT2D eigenvalue weighted by molar-refractivity contribution is -0.152. The molecule has 132 valence electrons. The lowest BCUT2D eigenvalue weighted by atomic mass is 9.69. The molecule has 1 aliphatic heterocycles. The number of nitrogens with zero attached hydrogens (tertiary/aromatic N) is 1. The molecule has 2 atom stereocenters. The fourth-order valence-electron chi connectivity index (χ4n) is 3.12. The fourth-order valence-corrected chi connectivity index (χ4v) is 3.24. The molecule has 2 rings (SSSR count). The van der Waals surface area contributed by atoms with Gasteiger partial charge in [-0.2, -0.15) is 0 Å². The Labute approximate surface area is 147 Å². The number of halogens is 1. The SMILES string of the molecule is CC(C)(C)OC(=O)N1CCC(c2ccc(Cl)cc2)C(C)(C(=O)O)C1. The summed E-state index contributed by atoms with van der Waals surface area (Å²) >= 11 is 5.92. The number of hydrogen-bond acceptors (Lipinski definition) is 3. The van der Waals surface area contributed by atoms with Crippen molar-refractivity contribution in [1.82, 2.24) is 4.90 Å². The second-order valence-electron chi connectivity index (χ2n) is 7.52. The third-order valence-electron chi connectivity index (χ3n) is 4.39. The topological polar surface area (TPSA) is 66.8 Å². The summed E-state index contributed by atoms with van der Waals surface area (Å²) in [7, 11) is 0. The minimum absolute atomic E-state index is 0.116. The fraction of sp³-hybridized carbons (Fsp3) is 0.556. The second kappa shape index (κ2) is 6.63. The molecule has 24 heavy (non-hydrogen) atoms. The van der Waals surface area contributed by atoms with Crippen LogP contribution < -0.4 is 0 Å². The summed E-state index contributed by atoms with van der Waals surface area (Å²) < 4.78 is 5.38. The van der Waals surface area contributed by atoms with Crippen molar-refractivity contribution in [3.63, 3.8) is 0 Å². The van der Waals surface area contributed by atoms with Gasteiger partial charge in [-0.3, -0.25) is 4.79 Å². The monoisotopic (exact) mass is 353 g/mol. The molecular formula is C18H24ClNO4. The van der Waals surface area contributed by atoms with Crippen LogP contribution >= 0.6 is 11.6 Å².